The molecule has 1 aromatic rings. The molecule has 0 bridgehead atoms. The minimum absolute atomic E-state index is 0. The van der Waals surface area contributed by atoms with Crippen LogP contribution in [0.5, 0.6) is 0 Å². The fraction of sp³-hybridized carbons (Fsp3) is 0.250. The van der Waals surface area contributed by atoms with Crippen LogP contribution in [0.3, 0.4) is 0 Å². The quantitative estimate of drug-likeness (QED) is 0.721. The van der Waals surface area contributed by atoms with Crippen molar-refractivity contribution in [2.75, 3.05) is 11.9 Å². The van der Waals surface area contributed by atoms with E-state index >= 15 is 0 Å². The van der Waals surface area contributed by atoms with E-state index < -0.39 is 0 Å². The van der Waals surface area contributed by atoms with Crippen LogP contribution in [0, 0.1) is 3.57 Å². The van der Waals surface area contributed by atoms with Gasteiger partial charge in [0.1, 0.15) is 0 Å². The van der Waals surface area contributed by atoms with Crippen LogP contribution in [0.1, 0.15) is 5.56 Å². The highest BCUT2D eigenvalue weighted by atomic mass is 127. The van der Waals surface area contributed by atoms with Gasteiger partial charge in [-0.25, -0.2) is 0 Å². The van der Waals surface area contributed by atoms with Gasteiger partial charge in [-0.1, -0.05) is 6.07 Å². The maximum absolute atomic E-state index is 3.34. The summed E-state index contributed by atoms with van der Waals surface area (Å²) in [5.41, 5.74) is 2.81. The van der Waals surface area contributed by atoms with Crippen LogP contribution in [0.15, 0.2) is 18.2 Å². The largest absolute Gasteiger partial charge is 0.384 e. The van der Waals surface area contributed by atoms with Crippen LogP contribution in [-0.4, -0.2) is 6.54 Å². The van der Waals surface area contributed by atoms with Gasteiger partial charge >= 0.3 is 0 Å². The van der Waals surface area contributed by atoms with Gasteiger partial charge in [-0.05, 0) is 46.7 Å². The van der Waals surface area contributed by atoms with Crippen molar-refractivity contribution in [1.82, 2.24) is 0 Å². The molecular weight excluding hydrogens is 272 g/mol. The molecule has 1 aliphatic heterocycles. The lowest BCUT2D eigenvalue weighted by molar-refractivity contribution is 1.10. The summed E-state index contributed by atoms with van der Waals surface area (Å²) in [7, 11) is 0. The molecule has 0 saturated carbocycles. The van der Waals surface area contributed by atoms with Crippen LogP contribution >= 0.6 is 35.0 Å². The number of benzene rings is 1. The lowest BCUT2D eigenvalue weighted by atomic mass is 10.2. The Morgan fingerprint density at radius 2 is 2.18 bits per heavy atom. The fourth-order valence-corrected chi connectivity index (χ4v) is 2.07. The zero-order valence-electron chi connectivity index (χ0n) is 5.93. The Bertz CT molecular complexity index is 262. The smallest absolute Gasteiger partial charge is 0.0384 e. The Kier molecular flexibility index (Phi) is 3.01. The topological polar surface area (TPSA) is 12.0 Å². The second-order valence-corrected chi connectivity index (χ2v) is 3.60. The minimum Gasteiger partial charge on any atom is -0.384 e. The highest BCUT2D eigenvalue weighted by Gasteiger charge is 2.10. The first-order chi connectivity index (χ1) is 4.88. The number of hydrogen-bond acceptors (Lipinski definition) is 1. The Balaban J connectivity index is 0.000000605. The summed E-state index contributed by atoms with van der Waals surface area (Å²) in [6, 6.07) is 6.40. The van der Waals surface area contributed by atoms with E-state index in [1.54, 1.807) is 0 Å². The molecule has 0 aliphatic carbocycles. The van der Waals surface area contributed by atoms with Crippen molar-refractivity contribution in [2.24, 2.45) is 0 Å². The molecular formula is C8H9ClIN. The Morgan fingerprint density at radius 3 is 2.91 bits per heavy atom. The summed E-state index contributed by atoms with van der Waals surface area (Å²) in [6.07, 6.45) is 1.19. The first-order valence-electron chi connectivity index (χ1n) is 3.39. The molecule has 1 aliphatic rings. The van der Waals surface area contributed by atoms with Gasteiger partial charge in [-0.3, -0.25) is 0 Å². The van der Waals surface area contributed by atoms with E-state index in [0.29, 0.717) is 0 Å². The summed E-state index contributed by atoms with van der Waals surface area (Å²) in [5.74, 6) is 0. The van der Waals surface area contributed by atoms with Crippen molar-refractivity contribution >= 4 is 40.7 Å². The molecule has 0 atom stereocenters. The molecule has 2 rings (SSSR count). The highest BCUT2D eigenvalue weighted by Crippen LogP contribution is 2.25. The summed E-state index contributed by atoms with van der Waals surface area (Å²) >= 11 is 2.39. The van der Waals surface area contributed by atoms with Crippen LogP contribution in [0.2, 0.25) is 0 Å². The number of anilines is 1. The minimum atomic E-state index is 0. The van der Waals surface area contributed by atoms with E-state index in [1.807, 2.05) is 0 Å². The number of nitrogens with one attached hydrogen (secondary N) is 1. The second-order valence-electron chi connectivity index (χ2n) is 2.44. The Hall–Kier alpha value is 0.0400. The third kappa shape index (κ3) is 1.62. The second kappa shape index (κ2) is 3.63. The van der Waals surface area contributed by atoms with Crippen molar-refractivity contribution in [3.8, 4) is 0 Å². The molecule has 0 spiro atoms. The predicted octanol–water partition coefficient (Wildman–Crippen LogP) is 2.68. The summed E-state index contributed by atoms with van der Waals surface area (Å²) < 4.78 is 1.39. The van der Waals surface area contributed by atoms with E-state index in [1.165, 1.54) is 21.2 Å². The van der Waals surface area contributed by atoms with Crippen LogP contribution in [0.25, 0.3) is 0 Å². The standard InChI is InChI=1S/C8H8IN.ClH/c9-7-2-1-3-8-6(7)4-5-10-8;/h1-3,10H,4-5H2;1H. The van der Waals surface area contributed by atoms with Gasteiger partial charge in [0.05, 0.1) is 0 Å². The van der Waals surface area contributed by atoms with E-state index in [4.69, 9.17) is 0 Å². The molecule has 60 valence electrons. The molecule has 0 aromatic heterocycles. The van der Waals surface area contributed by atoms with Gasteiger partial charge in [-0.2, -0.15) is 0 Å². The van der Waals surface area contributed by atoms with E-state index in [0.717, 1.165) is 6.54 Å². The van der Waals surface area contributed by atoms with Gasteiger partial charge in [0.25, 0.3) is 0 Å². The van der Waals surface area contributed by atoms with Crippen molar-refractivity contribution in [3.05, 3.63) is 27.3 Å². The van der Waals surface area contributed by atoms with E-state index in [2.05, 4.69) is 46.1 Å². The highest BCUT2D eigenvalue weighted by molar-refractivity contribution is 14.1. The first kappa shape index (κ1) is 9.13. The first-order valence-corrected chi connectivity index (χ1v) is 4.47. The zero-order chi connectivity index (χ0) is 6.97. The van der Waals surface area contributed by atoms with Gasteiger partial charge in [0, 0.05) is 15.8 Å². The maximum Gasteiger partial charge on any atom is 0.0384 e. The lowest BCUT2D eigenvalue weighted by Crippen LogP contribution is -1.90. The average molecular weight is 282 g/mol. The summed E-state index contributed by atoms with van der Waals surface area (Å²) in [5, 5.41) is 3.34. The molecule has 1 nitrogen and oxygen atoms in total. The lowest BCUT2D eigenvalue weighted by Gasteiger charge is -1.99. The summed E-state index contributed by atoms with van der Waals surface area (Å²) in [6.45, 7) is 1.11. The van der Waals surface area contributed by atoms with Crippen LogP contribution < -0.4 is 5.32 Å². The molecule has 11 heavy (non-hydrogen) atoms. The third-order valence-corrected chi connectivity index (χ3v) is 2.82. The monoisotopic (exact) mass is 281 g/mol. The molecule has 0 fully saturated rings. The molecule has 0 unspecified atom stereocenters. The SMILES string of the molecule is Cl.Ic1cccc2c1CCN2. The molecule has 3 heteroatoms. The van der Waals surface area contributed by atoms with Gasteiger partial charge in [0.2, 0.25) is 0 Å². The van der Waals surface area contributed by atoms with Crippen molar-refractivity contribution in [3.63, 3.8) is 0 Å². The number of halogens is 2. The average Bonchev–Trinajstić information content (AvgIpc) is 2.36. The van der Waals surface area contributed by atoms with Gasteiger partial charge < -0.3 is 5.32 Å². The van der Waals surface area contributed by atoms with Gasteiger partial charge in [-0.15, -0.1) is 12.4 Å². The van der Waals surface area contributed by atoms with Crippen LogP contribution in [-0.2, 0) is 6.42 Å². The predicted molar refractivity (Wildman–Crippen MR) is 58.6 cm³/mol. The summed E-state index contributed by atoms with van der Waals surface area (Å²) in [4.78, 5) is 0. The molecule has 0 radical (unpaired) electrons. The zero-order valence-corrected chi connectivity index (χ0v) is 8.91. The number of fused-ring (bicyclic) bond motifs is 1. The Labute approximate surface area is 86.1 Å². The third-order valence-electron chi connectivity index (χ3n) is 1.81. The normalized spacial score (nSPS) is 13.2. The number of hydrogen-bond donors (Lipinski definition) is 1. The Morgan fingerprint density at radius 1 is 1.36 bits per heavy atom. The van der Waals surface area contributed by atoms with Crippen molar-refractivity contribution in [1.29, 1.82) is 0 Å². The van der Waals surface area contributed by atoms with Crippen LogP contribution in [0.4, 0.5) is 5.69 Å². The fourth-order valence-electron chi connectivity index (χ4n) is 1.30. The van der Waals surface area contributed by atoms with Crippen molar-refractivity contribution < 1.29 is 0 Å². The molecule has 0 saturated heterocycles. The number of rotatable bonds is 0. The van der Waals surface area contributed by atoms with E-state index in [9.17, 15) is 0 Å². The molecule has 1 N–H and O–H groups in total. The molecule has 1 aromatic carbocycles. The molecule has 0 amide bonds. The molecule has 1 heterocycles. The van der Waals surface area contributed by atoms with Gasteiger partial charge in [0.15, 0.2) is 0 Å². The van der Waals surface area contributed by atoms with E-state index in [-0.39, 0.29) is 12.4 Å². The van der Waals surface area contributed by atoms with Crippen molar-refractivity contribution in [2.45, 2.75) is 6.42 Å². The maximum atomic E-state index is 3.34.